The zero-order valence-electron chi connectivity index (χ0n) is 16.0. The number of hydrogen-bond acceptors (Lipinski definition) is 2. The van der Waals surface area contributed by atoms with Crippen LogP contribution in [0.4, 0.5) is 11.4 Å². The van der Waals surface area contributed by atoms with Crippen LogP contribution in [0.2, 0.25) is 10.0 Å². The number of amides is 2. The van der Waals surface area contributed by atoms with Crippen molar-refractivity contribution in [1.82, 2.24) is 0 Å². The Morgan fingerprint density at radius 3 is 2.23 bits per heavy atom. The number of aromatic nitrogens is 1. The number of anilines is 2. The van der Waals surface area contributed by atoms with Crippen LogP contribution >= 0.6 is 23.2 Å². The number of halogens is 3. The van der Waals surface area contributed by atoms with Gasteiger partial charge in [-0.3, -0.25) is 14.5 Å². The highest BCUT2D eigenvalue weighted by Crippen LogP contribution is 2.36. The van der Waals surface area contributed by atoms with Gasteiger partial charge in [0.2, 0.25) is 17.8 Å². The minimum Gasteiger partial charge on any atom is -1.00 e. The Balaban J connectivity index is 0.00000256. The molecule has 2 amide bonds. The highest BCUT2D eigenvalue weighted by molar-refractivity contribution is 6.31. The first-order chi connectivity index (χ1) is 13.9. The Labute approximate surface area is 201 Å². The second kappa shape index (κ2) is 8.91. The molecular weight excluding hydrogens is 536 g/mol. The number of carbonyl (C=O) groups is 2. The van der Waals surface area contributed by atoms with Crippen molar-refractivity contribution in [3.63, 3.8) is 0 Å². The lowest BCUT2D eigenvalue weighted by atomic mass is 9.89. The third kappa shape index (κ3) is 4.04. The number of carbonyl (C=O) groups excluding carboxylic acids is 2. The van der Waals surface area contributed by atoms with Crippen LogP contribution in [0.3, 0.4) is 0 Å². The average molecular weight is 554 g/mol. The summed E-state index contributed by atoms with van der Waals surface area (Å²) in [6, 6.07) is 19.3. The number of benzene rings is 2. The number of hydrogen-bond donors (Lipinski definition) is 1. The summed E-state index contributed by atoms with van der Waals surface area (Å²) < 4.78 is 1.80. The second-order valence-corrected chi connectivity index (χ2v) is 7.83. The average Bonchev–Trinajstić information content (AvgIpc) is 2.71. The maximum absolute atomic E-state index is 13.6. The molecule has 0 saturated heterocycles. The van der Waals surface area contributed by atoms with E-state index in [1.807, 2.05) is 18.2 Å². The third-order valence-corrected chi connectivity index (χ3v) is 5.57. The van der Waals surface area contributed by atoms with Crippen molar-refractivity contribution in [1.29, 1.82) is 0 Å². The summed E-state index contributed by atoms with van der Waals surface area (Å²) in [6.45, 7) is 1.89. The molecule has 8 heteroatoms. The highest BCUT2D eigenvalue weighted by Gasteiger charge is 2.54. The van der Waals surface area contributed by atoms with Crippen LogP contribution in [0, 0.1) is 0 Å². The van der Waals surface area contributed by atoms with Crippen LogP contribution in [-0.2, 0) is 21.7 Å². The molecule has 4 rings (SSSR count). The van der Waals surface area contributed by atoms with E-state index in [2.05, 4.69) is 5.32 Å². The van der Waals surface area contributed by atoms with Crippen molar-refractivity contribution in [3.8, 4) is 0 Å². The van der Waals surface area contributed by atoms with Crippen molar-refractivity contribution in [2.75, 3.05) is 10.2 Å². The minimum atomic E-state index is -1.27. The van der Waals surface area contributed by atoms with E-state index in [0.29, 0.717) is 27.1 Å². The number of fused-ring (bicyclic) bond motifs is 1. The van der Waals surface area contributed by atoms with Gasteiger partial charge < -0.3 is 29.3 Å². The lowest BCUT2D eigenvalue weighted by Crippen LogP contribution is -3.00. The maximum Gasteiger partial charge on any atom is 0.294 e. The fraction of sp³-hybridized carbons (Fsp3) is 0.136. The molecule has 1 aliphatic rings. The first-order valence-electron chi connectivity index (χ1n) is 9.04. The molecule has 0 fully saturated rings. The van der Waals surface area contributed by atoms with Gasteiger partial charge in [-0.2, -0.15) is 4.57 Å². The third-order valence-electron chi connectivity index (χ3n) is 5.07. The number of rotatable bonds is 3. The molecular formula is C22H18Cl2IN3O2. The van der Waals surface area contributed by atoms with Gasteiger partial charge in [0, 0.05) is 33.6 Å². The molecule has 5 nitrogen and oxygen atoms in total. The van der Waals surface area contributed by atoms with Crippen molar-refractivity contribution >= 4 is 46.4 Å². The quantitative estimate of drug-likeness (QED) is 0.391. The molecule has 0 spiro atoms. The van der Waals surface area contributed by atoms with Gasteiger partial charge in [0.15, 0.2) is 6.20 Å². The van der Waals surface area contributed by atoms with Crippen LogP contribution in [0.1, 0.15) is 12.6 Å². The van der Waals surface area contributed by atoms with Crippen molar-refractivity contribution in [2.45, 2.75) is 19.0 Å². The fourth-order valence-corrected chi connectivity index (χ4v) is 3.88. The van der Waals surface area contributed by atoms with Gasteiger partial charge in [0.05, 0.1) is 0 Å². The first-order valence-corrected chi connectivity index (χ1v) is 9.80. The summed E-state index contributed by atoms with van der Waals surface area (Å²) in [5, 5.41) is 4.05. The summed E-state index contributed by atoms with van der Waals surface area (Å²) >= 11 is 12.0. The molecule has 1 N–H and O–H groups in total. The molecule has 1 aromatic heterocycles. The van der Waals surface area contributed by atoms with Crippen molar-refractivity contribution < 1.29 is 38.1 Å². The molecule has 0 radical (unpaired) electrons. The largest absolute Gasteiger partial charge is 1.00 e. The predicted molar refractivity (Wildman–Crippen MR) is 113 cm³/mol. The lowest BCUT2D eigenvalue weighted by Gasteiger charge is -2.40. The minimum absolute atomic E-state index is 0. The zero-order chi connectivity index (χ0) is 20.6. The molecule has 1 atom stereocenters. The van der Waals surface area contributed by atoms with E-state index in [-0.39, 0.29) is 42.3 Å². The molecule has 1 aliphatic heterocycles. The molecule has 0 bridgehead atoms. The van der Waals surface area contributed by atoms with Gasteiger partial charge in [0.25, 0.3) is 11.8 Å². The van der Waals surface area contributed by atoms with Crippen LogP contribution < -0.4 is 38.8 Å². The molecule has 1 unspecified atom stereocenters. The van der Waals surface area contributed by atoms with Crippen molar-refractivity contribution in [2.24, 2.45) is 0 Å². The van der Waals surface area contributed by atoms with E-state index in [1.54, 1.807) is 66.2 Å². The molecule has 0 saturated carbocycles. The molecule has 3 aromatic rings. The molecule has 30 heavy (non-hydrogen) atoms. The highest BCUT2D eigenvalue weighted by atomic mass is 127. The number of pyridine rings is 1. The van der Waals surface area contributed by atoms with E-state index in [1.165, 1.54) is 4.90 Å². The summed E-state index contributed by atoms with van der Waals surface area (Å²) in [4.78, 5) is 28.2. The Morgan fingerprint density at radius 1 is 1.00 bits per heavy atom. The fourth-order valence-electron chi connectivity index (χ4n) is 3.63. The van der Waals surface area contributed by atoms with Crippen LogP contribution in [-0.4, -0.2) is 11.8 Å². The first kappa shape index (κ1) is 22.5. The van der Waals surface area contributed by atoms with E-state index < -0.39 is 5.54 Å². The van der Waals surface area contributed by atoms with E-state index >= 15 is 0 Å². The predicted octanol–water partition coefficient (Wildman–Crippen LogP) is 1.19. The normalized spacial score (nSPS) is 17.7. The topological polar surface area (TPSA) is 53.3 Å². The molecule has 2 heterocycles. The van der Waals surface area contributed by atoms with Crippen LogP contribution in [0.15, 0.2) is 72.9 Å². The van der Waals surface area contributed by atoms with Gasteiger partial charge >= 0.3 is 0 Å². The second-order valence-electron chi connectivity index (χ2n) is 6.95. The van der Waals surface area contributed by atoms with E-state index in [0.717, 1.165) is 0 Å². The van der Waals surface area contributed by atoms with Crippen LogP contribution in [0.5, 0.6) is 0 Å². The Hall–Kier alpha value is -2.16. The van der Waals surface area contributed by atoms with Gasteiger partial charge in [0.1, 0.15) is 0 Å². The Bertz CT molecular complexity index is 1090. The van der Waals surface area contributed by atoms with Gasteiger partial charge in [-0.15, -0.1) is 0 Å². The molecule has 154 valence electrons. The number of nitrogens with zero attached hydrogens (tertiary/aromatic N) is 2. The Kier molecular flexibility index (Phi) is 6.69. The van der Waals surface area contributed by atoms with Gasteiger partial charge in [-0.05, 0) is 55.5 Å². The SMILES string of the molecule is CC1(C(=O)Nc2ccc(Cl)cc2)c2cccc[n+]2CC(=O)N1c1ccc(Cl)cc1.[I-]. The molecule has 2 aromatic carbocycles. The van der Waals surface area contributed by atoms with Crippen molar-refractivity contribution in [3.05, 3.63) is 88.7 Å². The van der Waals surface area contributed by atoms with E-state index in [4.69, 9.17) is 23.2 Å². The summed E-state index contributed by atoms with van der Waals surface area (Å²) in [5.41, 5.74) is 0.630. The zero-order valence-corrected chi connectivity index (χ0v) is 19.6. The lowest BCUT2D eigenvalue weighted by molar-refractivity contribution is -0.697. The summed E-state index contributed by atoms with van der Waals surface area (Å²) in [7, 11) is 0. The van der Waals surface area contributed by atoms with Gasteiger partial charge in [-0.1, -0.05) is 29.3 Å². The monoisotopic (exact) mass is 553 g/mol. The maximum atomic E-state index is 13.6. The van der Waals surface area contributed by atoms with E-state index in [9.17, 15) is 9.59 Å². The van der Waals surface area contributed by atoms with Crippen LogP contribution in [0.25, 0.3) is 0 Å². The number of nitrogens with one attached hydrogen (secondary N) is 1. The van der Waals surface area contributed by atoms with Gasteiger partial charge in [-0.25, -0.2) is 0 Å². The standard InChI is InChI=1S/C22H17Cl2N3O2.HI/c1-22(21(29)25-17-9-5-15(23)6-10-17)19-4-2-3-13-26(19)14-20(28)27(22)18-11-7-16(24)8-12-18;/h2-13H,14H2,1H3;1H. The molecule has 0 aliphatic carbocycles. The smallest absolute Gasteiger partial charge is 0.294 e. The summed E-state index contributed by atoms with van der Waals surface area (Å²) in [6.07, 6.45) is 1.81. The Morgan fingerprint density at radius 2 is 1.60 bits per heavy atom. The summed E-state index contributed by atoms with van der Waals surface area (Å²) in [5.74, 6) is -0.521.